The van der Waals surface area contributed by atoms with Gasteiger partial charge < -0.3 is 14.7 Å². The Morgan fingerprint density at radius 2 is 2.03 bits per heavy atom. The van der Waals surface area contributed by atoms with Crippen LogP contribution in [0.25, 0.3) is 22.2 Å². The van der Waals surface area contributed by atoms with E-state index in [9.17, 15) is 4.79 Å². The predicted octanol–water partition coefficient (Wildman–Crippen LogP) is 3.23. The van der Waals surface area contributed by atoms with Gasteiger partial charge in [-0.1, -0.05) is 6.07 Å². The van der Waals surface area contributed by atoms with Gasteiger partial charge in [-0.25, -0.2) is 4.98 Å². The van der Waals surface area contributed by atoms with Crippen molar-refractivity contribution in [2.75, 3.05) is 26.7 Å². The average Bonchev–Trinajstić information content (AvgIpc) is 3.44. The Morgan fingerprint density at radius 1 is 1.17 bits per heavy atom. The molecular weight excluding hydrogens is 444 g/mol. The van der Waals surface area contributed by atoms with Crippen molar-refractivity contribution < 1.29 is 14.6 Å². The van der Waals surface area contributed by atoms with Crippen LogP contribution in [0.3, 0.4) is 0 Å². The van der Waals surface area contributed by atoms with Gasteiger partial charge in [-0.2, -0.15) is 5.10 Å². The van der Waals surface area contributed by atoms with Crippen LogP contribution in [0.1, 0.15) is 18.5 Å². The number of nitrogens with zero attached hydrogens (tertiary/aromatic N) is 5. The van der Waals surface area contributed by atoms with E-state index in [0.29, 0.717) is 11.6 Å². The van der Waals surface area contributed by atoms with E-state index in [2.05, 4.69) is 32.2 Å². The Morgan fingerprint density at radius 3 is 2.74 bits per heavy atom. The van der Waals surface area contributed by atoms with Crippen molar-refractivity contribution in [2.24, 2.45) is 0 Å². The first-order valence-electron chi connectivity index (χ1n) is 11.7. The lowest BCUT2D eigenvalue weighted by Crippen LogP contribution is -2.46. The molecule has 5 rings (SSSR count). The SMILES string of the molecule is CN(C(=O)CO)C1CCN(Cc2ccc3cc(Oc4ccc(-c5ccn[nH]5)cn4)ccc3n2)CC1. The minimum absolute atomic E-state index is 0.185. The van der Waals surface area contributed by atoms with Crippen LogP contribution < -0.4 is 4.74 Å². The zero-order valence-corrected chi connectivity index (χ0v) is 19.6. The number of fused-ring (bicyclic) bond motifs is 1. The van der Waals surface area contributed by atoms with Gasteiger partial charge in [0, 0.05) is 62.1 Å². The highest BCUT2D eigenvalue weighted by molar-refractivity contribution is 5.80. The number of aliphatic hydroxyl groups is 1. The van der Waals surface area contributed by atoms with Crippen LogP contribution in [0.5, 0.6) is 11.6 Å². The highest BCUT2D eigenvalue weighted by atomic mass is 16.5. The number of amides is 1. The van der Waals surface area contributed by atoms with E-state index in [1.54, 1.807) is 24.3 Å². The fourth-order valence-electron chi connectivity index (χ4n) is 4.44. The Kier molecular flexibility index (Phi) is 6.69. The van der Waals surface area contributed by atoms with Gasteiger partial charge >= 0.3 is 0 Å². The van der Waals surface area contributed by atoms with E-state index in [4.69, 9.17) is 14.8 Å². The molecule has 1 fully saturated rings. The van der Waals surface area contributed by atoms with Crippen LogP contribution in [0.2, 0.25) is 0 Å². The number of ether oxygens (including phenoxy) is 1. The van der Waals surface area contributed by atoms with E-state index >= 15 is 0 Å². The quantitative estimate of drug-likeness (QED) is 0.425. The maximum absolute atomic E-state index is 11.7. The molecule has 0 spiro atoms. The van der Waals surface area contributed by atoms with Gasteiger partial charge in [-0.05, 0) is 49.2 Å². The first kappa shape index (κ1) is 22.9. The highest BCUT2D eigenvalue weighted by Crippen LogP contribution is 2.26. The summed E-state index contributed by atoms with van der Waals surface area (Å²) in [7, 11) is 1.77. The van der Waals surface area contributed by atoms with Gasteiger partial charge in [0.05, 0.1) is 16.9 Å². The molecule has 1 aliphatic rings. The van der Waals surface area contributed by atoms with Crippen molar-refractivity contribution in [3.8, 4) is 22.9 Å². The molecule has 0 radical (unpaired) electrons. The van der Waals surface area contributed by atoms with Crippen molar-refractivity contribution in [3.63, 3.8) is 0 Å². The van der Waals surface area contributed by atoms with Crippen molar-refractivity contribution in [1.29, 1.82) is 0 Å². The summed E-state index contributed by atoms with van der Waals surface area (Å²) in [6.07, 6.45) is 5.25. The van der Waals surface area contributed by atoms with Crippen LogP contribution in [-0.2, 0) is 11.3 Å². The third kappa shape index (κ3) is 5.31. The molecule has 35 heavy (non-hydrogen) atoms. The van der Waals surface area contributed by atoms with E-state index in [-0.39, 0.29) is 11.9 Å². The van der Waals surface area contributed by atoms with Gasteiger partial charge in [0.15, 0.2) is 0 Å². The lowest BCUT2D eigenvalue weighted by atomic mass is 10.0. The first-order valence-corrected chi connectivity index (χ1v) is 11.7. The second-order valence-corrected chi connectivity index (χ2v) is 8.78. The Balaban J connectivity index is 1.20. The number of hydrogen-bond acceptors (Lipinski definition) is 7. The van der Waals surface area contributed by atoms with Gasteiger partial charge in [-0.15, -0.1) is 0 Å². The van der Waals surface area contributed by atoms with Gasteiger partial charge in [0.2, 0.25) is 11.8 Å². The lowest BCUT2D eigenvalue weighted by molar-refractivity contribution is -0.135. The Hall–Kier alpha value is -3.82. The standard InChI is InChI=1S/C26H28N6O3/c1-31(26(34)17-33)21-9-12-32(13-10-21)16-20-4-2-18-14-22(5-6-23(18)29-20)35-25-7-3-19(15-27-25)24-8-11-28-30-24/h2-8,11,14-15,21,33H,9-10,12-13,16-17H2,1H3,(H,28,30). The molecule has 1 saturated heterocycles. The minimum Gasteiger partial charge on any atom is -0.439 e. The van der Waals surface area contributed by atoms with Crippen molar-refractivity contribution in [1.82, 2.24) is 30.0 Å². The smallest absolute Gasteiger partial charge is 0.248 e. The summed E-state index contributed by atoms with van der Waals surface area (Å²) >= 11 is 0. The number of piperidine rings is 1. The maximum Gasteiger partial charge on any atom is 0.248 e. The number of hydrogen-bond donors (Lipinski definition) is 2. The lowest BCUT2D eigenvalue weighted by Gasteiger charge is -2.36. The summed E-state index contributed by atoms with van der Waals surface area (Å²) in [6.45, 7) is 2.13. The molecule has 1 amide bonds. The summed E-state index contributed by atoms with van der Waals surface area (Å²) in [5, 5.41) is 17.0. The molecular formula is C26H28N6O3. The molecule has 0 atom stereocenters. The number of nitrogens with one attached hydrogen (secondary N) is 1. The van der Waals surface area contributed by atoms with E-state index in [1.165, 1.54) is 0 Å². The molecule has 1 aromatic carbocycles. The molecule has 1 aliphatic heterocycles. The Bertz CT molecular complexity index is 1280. The summed E-state index contributed by atoms with van der Waals surface area (Å²) in [5.74, 6) is 1.01. The highest BCUT2D eigenvalue weighted by Gasteiger charge is 2.25. The molecule has 4 heterocycles. The number of aliphatic hydroxyl groups excluding tert-OH is 1. The fraction of sp³-hybridized carbons (Fsp3) is 0.308. The average molecular weight is 473 g/mol. The van der Waals surface area contributed by atoms with Crippen LogP contribution in [0, 0.1) is 0 Å². The minimum atomic E-state index is -0.431. The predicted molar refractivity (Wildman–Crippen MR) is 132 cm³/mol. The zero-order chi connectivity index (χ0) is 24.2. The van der Waals surface area contributed by atoms with Crippen molar-refractivity contribution in [3.05, 3.63) is 66.6 Å². The number of benzene rings is 1. The number of aromatic nitrogens is 4. The van der Waals surface area contributed by atoms with Gasteiger partial charge in [0.1, 0.15) is 12.4 Å². The molecule has 0 saturated carbocycles. The van der Waals surface area contributed by atoms with Crippen LogP contribution in [0.4, 0.5) is 0 Å². The number of pyridine rings is 2. The number of aromatic amines is 1. The topological polar surface area (TPSA) is 107 Å². The molecule has 180 valence electrons. The first-order chi connectivity index (χ1) is 17.1. The number of rotatable bonds is 7. The van der Waals surface area contributed by atoms with Crippen LogP contribution in [-0.4, -0.2) is 73.8 Å². The maximum atomic E-state index is 11.7. The second-order valence-electron chi connectivity index (χ2n) is 8.78. The van der Waals surface area contributed by atoms with Gasteiger partial charge in [-0.3, -0.25) is 19.8 Å². The zero-order valence-electron chi connectivity index (χ0n) is 19.6. The molecule has 0 aliphatic carbocycles. The van der Waals surface area contributed by atoms with Crippen LogP contribution >= 0.6 is 0 Å². The third-order valence-electron chi connectivity index (χ3n) is 6.51. The Labute approximate surface area is 203 Å². The van der Waals surface area contributed by atoms with E-state index in [1.807, 2.05) is 36.4 Å². The molecule has 0 bridgehead atoms. The number of H-pyrrole nitrogens is 1. The summed E-state index contributed by atoms with van der Waals surface area (Å²) in [6, 6.07) is 15.8. The second kappa shape index (κ2) is 10.2. The normalized spacial score (nSPS) is 14.8. The molecule has 3 aromatic heterocycles. The molecule has 2 N–H and O–H groups in total. The summed E-state index contributed by atoms with van der Waals surface area (Å²) in [5.41, 5.74) is 3.78. The molecule has 9 heteroatoms. The summed E-state index contributed by atoms with van der Waals surface area (Å²) < 4.78 is 5.95. The van der Waals surface area contributed by atoms with Crippen molar-refractivity contribution >= 4 is 16.8 Å². The largest absolute Gasteiger partial charge is 0.439 e. The van der Waals surface area contributed by atoms with E-state index < -0.39 is 6.61 Å². The molecule has 4 aromatic rings. The number of likely N-dealkylation sites (N-methyl/N-ethyl adjacent to an activating group) is 1. The van der Waals surface area contributed by atoms with E-state index in [0.717, 1.165) is 60.3 Å². The number of carbonyl (C=O) groups is 1. The number of likely N-dealkylation sites (tertiary alicyclic amines) is 1. The monoisotopic (exact) mass is 472 g/mol. The fourth-order valence-corrected chi connectivity index (χ4v) is 4.44. The third-order valence-corrected chi connectivity index (χ3v) is 6.51. The van der Waals surface area contributed by atoms with Gasteiger partial charge in [0.25, 0.3) is 0 Å². The van der Waals surface area contributed by atoms with Crippen molar-refractivity contribution in [2.45, 2.75) is 25.4 Å². The van der Waals surface area contributed by atoms with Crippen LogP contribution in [0.15, 0.2) is 60.9 Å². The molecule has 9 nitrogen and oxygen atoms in total. The number of carbonyl (C=O) groups excluding carboxylic acids is 1. The molecule has 0 unspecified atom stereocenters. The summed E-state index contributed by atoms with van der Waals surface area (Å²) in [4.78, 5) is 25.0.